The molecule has 6 heteroatoms. The molecule has 0 saturated carbocycles. The number of carbonyl (C=O) groups excluding carboxylic acids is 1. The topological polar surface area (TPSA) is 93.1 Å². The number of hydrogen-bond acceptors (Lipinski definition) is 5. The Morgan fingerprint density at radius 3 is 2.57 bits per heavy atom. The highest BCUT2D eigenvalue weighted by Crippen LogP contribution is 2.53. The lowest BCUT2D eigenvalue weighted by atomic mass is 9.81. The Bertz CT molecular complexity index is 882. The van der Waals surface area contributed by atoms with E-state index in [4.69, 9.17) is 9.47 Å². The van der Waals surface area contributed by atoms with Crippen LogP contribution in [0, 0.1) is 5.92 Å². The molecule has 2 aliphatic heterocycles. The fraction of sp³-hybridized carbons (Fsp3) is 0.583. The molecule has 0 amide bonds. The summed E-state index contributed by atoms with van der Waals surface area (Å²) in [6.07, 6.45) is 6.66. The number of rotatable bonds is 7. The average Bonchev–Trinajstić information content (AvgIpc) is 2.64. The fourth-order valence-corrected chi connectivity index (χ4v) is 4.23. The third kappa shape index (κ3) is 4.05. The predicted molar refractivity (Wildman–Crippen MR) is 115 cm³/mol. The van der Waals surface area contributed by atoms with Crippen LogP contribution in [0.5, 0.6) is 17.2 Å². The number of carbonyl (C=O) groups is 2. The van der Waals surface area contributed by atoms with Crippen LogP contribution < -0.4 is 9.47 Å². The highest BCUT2D eigenvalue weighted by molar-refractivity contribution is 6.06. The van der Waals surface area contributed by atoms with Crippen LogP contribution in [0.25, 0.3) is 6.08 Å². The summed E-state index contributed by atoms with van der Waals surface area (Å²) in [6.45, 7) is 9.48. The molecule has 2 aliphatic rings. The number of phenols is 1. The van der Waals surface area contributed by atoms with Crippen LogP contribution in [-0.4, -0.2) is 33.7 Å². The minimum absolute atomic E-state index is 0.142. The molecule has 3 atom stereocenters. The summed E-state index contributed by atoms with van der Waals surface area (Å²) in [5.74, 6) is -1.44. The molecule has 2 heterocycles. The molecule has 0 spiro atoms. The summed E-state index contributed by atoms with van der Waals surface area (Å²) in [6, 6.07) is 0. The van der Waals surface area contributed by atoms with Crippen molar-refractivity contribution in [3.8, 4) is 17.2 Å². The van der Waals surface area contributed by atoms with Gasteiger partial charge in [-0.15, -0.1) is 0 Å². The maximum absolute atomic E-state index is 13.1. The zero-order valence-corrected chi connectivity index (χ0v) is 18.4. The standard InChI is InChI=1S/C24H32O6/c1-6-7-8-9-15(12-17(25)26)18-21(28)19-20(27)13(2)14(3)29-22(19)16-10-11-24(4,5)30-23(16)18/h10-11,13-15,28H,6-9,12H2,1-5H3,(H,25,26)/t13-,14+,15+/m0/s1. The Balaban J connectivity index is 2.25. The summed E-state index contributed by atoms with van der Waals surface area (Å²) >= 11 is 0. The van der Waals surface area contributed by atoms with E-state index in [1.165, 1.54) is 0 Å². The fourth-order valence-electron chi connectivity index (χ4n) is 4.23. The summed E-state index contributed by atoms with van der Waals surface area (Å²) in [4.78, 5) is 24.7. The number of benzene rings is 1. The summed E-state index contributed by atoms with van der Waals surface area (Å²) < 4.78 is 12.3. The number of unbranched alkanes of at least 4 members (excludes halogenated alkanes) is 2. The van der Waals surface area contributed by atoms with Crippen molar-refractivity contribution in [2.75, 3.05) is 0 Å². The number of fused-ring (bicyclic) bond motifs is 3. The molecule has 0 radical (unpaired) electrons. The van der Waals surface area contributed by atoms with Gasteiger partial charge in [0.25, 0.3) is 0 Å². The minimum atomic E-state index is -0.947. The van der Waals surface area contributed by atoms with E-state index in [0.29, 0.717) is 29.0 Å². The van der Waals surface area contributed by atoms with Crippen LogP contribution in [0.3, 0.4) is 0 Å². The SMILES string of the molecule is CCCCC[C@H](CC(=O)O)c1c(O)c2c(c3c1OC(C)(C)C=C3)O[C@H](C)[C@H](C)C2=O. The van der Waals surface area contributed by atoms with Crippen molar-refractivity contribution in [1.29, 1.82) is 0 Å². The van der Waals surface area contributed by atoms with E-state index in [1.54, 1.807) is 6.92 Å². The second-order valence-corrected chi connectivity index (χ2v) is 9.01. The van der Waals surface area contributed by atoms with Gasteiger partial charge in [0.05, 0.1) is 17.9 Å². The lowest BCUT2D eigenvalue weighted by molar-refractivity contribution is -0.137. The zero-order valence-electron chi connectivity index (χ0n) is 18.4. The van der Waals surface area contributed by atoms with Gasteiger partial charge in [-0.3, -0.25) is 9.59 Å². The minimum Gasteiger partial charge on any atom is -0.507 e. The molecule has 164 valence electrons. The van der Waals surface area contributed by atoms with E-state index in [2.05, 4.69) is 6.92 Å². The third-order valence-corrected chi connectivity index (χ3v) is 6.12. The Morgan fingerprint density at radius 1 is 1.23 bits per heavy atom. The van der Waals surface area contributed by atoms with E-state index in [-0.39, 0.29) is 29.6 Å². The molecular weight excluding hydrogens is 384 g/mol. The van der Waals surface area contributed by atoms with Crippen molar-refractivity contribution in [2.45, 2.75) is 84.3 Å². The van der Waals surface area contributed by atoms with Crippen LogP contribution in [0.15, 0.2) is 6.08 Å². The molecule has 2 N–H and O–H groups in total. The Morgan fingerprint density at radius 2 is 1.93 bits per heavy atom. The quantitative estimate of drug-likeness (QED) is 0.585. The van der Waals surface area contributed by atoms with Crippen molar-refractivity contribution in [2.24, 2.45) is 5.92 Å². The Hall–Kier alpha value is -2.50. The zero-order chi connectivity index (χ0) is 22.2. The largest absolute Gasteiger partial charge is 0.507 e. The van der Waals surface area contributed by atoms with Crippen LogP contribution >= 0.6 is 0 Å². The van der Waals surface area contributed by atoms with E-state index in [0.717, 1.165) is 19.3 Å². The van der Waals surface area contributed by atoms with Gasteiger partial charge in [-0.05, 0) is 39.3 Å². The number of phenolic OH excluding ortho intramolecular Hbond substituents is 1. The summed E-state index contributed by atoms with van der Waals surface area (Å²) in [5, 5.41) is 20.8. The average molecular weight is 417 g/mol. The number of ether oxygens (including phenoxy) is 2. The number of Topliss-reactive ketones (excluding diaryl/α,β-unsaturated/α-hetero) is 1. The number of carboxylic acid groups (broad SMARTS) is 1. The van der Waals surface area contributed by atoms with Gasteiger partial charge >= 0.3 is 5.97 Å². The first-order chi connectivity index (χ1) is 14.1. The monoisotopic (exact) mass is 416 g/mol. The molecule has 1 aromatic carbocycles. The molecule has 0 aromatic heterocycles. The molecule has 3 rings (SSSR count). The number of carboxylic acids is 1. The number of aromatic hydroxyl groups is 1. The van der Waals surface area contributed by atoms with Crippen molar-refractivity contribution in [1.82, 2.24) is 0 Å². The molecule has 0 bridgehead atoms. The van der Waals surface area contributed by atoms with E-state index in [1.807, 2.05) is 32.9 Å². The third-order valence-electron chi connectivity index (χ3n) is 6.12. The molecule has 0 aliphatic carbocycles. The number of hydrogen-bond donors (Lipinski definition) is 2. The van der Waals surface area contributed by atoms with Crippen LogP contribution in [0.2, 0.25) is 0 Å². The van der Waals surface area contributed by atoms with Gasteiger partial charge < -0.3 is 19.7 Å². The van der Waals surface area contributed by atoms with Crippen LogP contribution in [0.4, 0.5) is 0 Å². The Labute approximate surface area is 177 Å². The highest BCUT2D eigenvalue weighted by Gasteiger charge is 2.41. The van der Waals surface area contributed by atoms with Gasteiger partial charge in [-0.1, -0.05) is 33.1 Å². The van der Waals surface area contributed by atoms with E-state index in [9.17, 15) is 19.8 Å². The first-order valence-corrected chi connectivity index (χ1v) is 10.8. The van der Waals surface area contributed by atoms with Crippen molar-refractivity contribution < 1.29 is 29.3 Å². The van der Waals surface area contributed by atoms with Crippen LogP contribution in [-0.2, 0) is 4.79 Å². The van der Waals surface area contributed by atoms with Crippen molar-refractivity contribution in [3.05, 3.63) is 22.8 Å². The van der Waals surface area contributed by atoms with Gasteiger partial charge in [0, 0.05) is 11.5 Å². The Kier molecular flexibility index (Phi) is 6.16. The van der Waals surface area contributed by atoms with E-state index >= 15 is 0 Å². The molecule has 0 unspecified atom stereocenters. The lowest BCUT2D eigenvalue weighted by Crippen LogP contribution is -2.35. The normalized spacial score (nSPS) is 22.5. The summed E-state index contributed by atoms with van der Waals surface area (Å²) in [5.41, 5.74) is 0.540. The van der Waals surface area contributed by atoms with Gasteiger partial charge in [0.2, 0.25) is 0 Å². The van der Waals surface area contributed by atoms with Crippen molar-refractivity contribution >= 4 is 17.8 Å². The number of aliphatic carboxylic acids is 1. The highest BCUT2D eigenvalue weighted by atomic mass is 16.5. The molecule has 0 saturated heterocycles. The second kappa shape index (κ2) is 8.32. The maximum atomic E-state index is 13.1. The first-order valence-electron chi connectivity index (χ1n) is 10.8. The molecule has 30 heavy (non-hydrogen) atoms. The maximum Gasteiger partial charge on any atom is 0.303 e. The van der Waals surface area contributed by atoms with Gasteiger partial charge in [0.1, 0.15) is 34.5 Å². The molecule has 6 nitrogen and oxygen atoms in total. The first kappa shape index (κ1) is 22.2. The number of ketones is 1. The van der Waals surface area contributed by atoms with Gasteiger partial charge in [-0.2, -0.15) is 0 Å². The molecular formula is C24H32O6. The molecule has 0 fully saturated rings. The smallest absolute Gasteiger partial charge is 0.303 e. The lowest BCUT2D eigenvalue weighted by Gasteiger charge is -2.36. The molecule has 1 aromatic rings. The van der Waals surface area contributed by atoms with Crippen LogP contribution in [0.1, 0.15) is 94.1 Å². The van der Waals surface area contributed by atoms with Gasteiger partial charge in [0.15, 0.2) is 5.78 Å². The van der Waals surface area contributed by atoms with E-state index < -0.39 is 23.4 Å². The predicted octanol–water partition coefficient (Wildman–Crippen LogP) is 5.31. The second-order valence-electron chi connectivity index (χ2n) is 9.01. The van der Waals surface area contributed by atoms with Crippen molar-refractivity contribution in [3.63, 3.8) is 0 Å². The van der Waals surface area contributed by atoms with Gasteiger partial charge in [-0.25, -0.2) is 0 Å². The summed E-state index contributed by atoms with van der Waals surface area (Å²) in [7, 11) is 0.